The molecule has 18 heavy (non-hydrogen) atoms. The molecule has 3 heteroatoms. The maximum Gasteiger partial charge on any atom is 0.0875 e. The van der Waals surface area contributed by atoms with Crippen molar-refractivity contribution in [3.05, 3.63) is 24.5 Å². The Balaban J connectivity index is 1.78. The number of rotatable bonds is 2. The van der Waals surface area contributed by atoms with Crippen LogP contribution in [-0.4, -0.2) is 21.7 Å². The molecule has 3 rings (SSSR count). The van der Waals surface area contributed by atoms with Gasteiger partial charge in [0.15, 0.2) is 0 Å². The van der Waals surface area contributed by atoms with Crippen molar-refractivity contribution in [2.24, 2.45) is 5.92 Å². The molecule has 0 aliphatic heterocycles. The fourth-order valence-electron chi connectivity index (χ4n) is 3.77. The molecule has 1 unspecified atom stereocenters. The second-order valence-electron chi connectivity index (χ2n) is 5.80. The predicted octanol–water partition coefficient (Wildman–Crippen LogP) is 2.97. The summed E-state index contributed by atoms with van der Waals surface area (Å²) >= 11 is 0. The summed E-state index contributed by atoms with van der Waals surface area (Å²) in [5.41, 5.74) is 0.536. The Morgan fingerprint density at radius 3 is 2.94 bits per heavy atom. The van der Waals surface area contributed by atoms with E-state index in [1.54, 1.807) is 6.20 Å². The fraction of sp³-hybridized carbons (Fsp3) is 0.667. The van der Waals surface area contributed by atoms with E-state index in [0.29, 0.717) is 5.92 Å². The maximum atomic E-state index is 11.0. The molecule has 2 saturated carbocycles. The summed E-state index contributed by atoms with van der Waals surface area (Å²) < 4.78 is 0. The third kappa shape index (κ3) is 2.12. The second kappa shape index (κ2) is 4.88. The van der Waals surface area contributed by atoms with Crippen LogP contribution in [0.4, 0.5) is 5.69 Å². The van der Waals surface area contributed by atoms with E-state index in [1.807, 2.05) is 18.3 Å². The van der Waals surface area contributed by atoms with Gasteiger partial charge in [0.2, 0.25) is 0 Å². The molecule has 0 spiro atoms. The molecule has 0 saturated heterocycles. The Kier molecular flexibility index (Phi) is 3.25. The molecule has 2 aliphatic carbocycles. The SMILES string of the molecule is O[C@]12CCCC[C@@H]1CCCC2Nc1cccnc1. The van der Waals surface area contributed by atoms with Crippen LogP contribution in [0.5, 0.6) is 0 Å². The summed E-state index contributed by atoms with van der Waals surface area (Å²) in [6.07, 6.45) is 11.7. The van der Waals surface area contributed by atoms with Crippen LogP contribution in [0, 0.1) is 5.92 Å². The van der Waals surface area contributed by atoms with Gasteiger partial charge >= 0.3 is 0 Å². The molecule has 2 N–H and O–H groups in total. The first kappa shape index (κ1) is 12.0. The summed E-state index contributed by atoms with van der Waals surface area (Å²) in [5.74, 6) is 0.495. The quantitative estimate of drug-likeness (QED) is 0.843. The lowest BCUT2D eigenvalue weighted by atomic mass is 9.65. The molecule has 1 heterocycles. The Morgan fingerprint density at radius 1 is 1.22 bits per heavy atom. The van der Waals surface area contributed by atoms with Crippen molar-refractivity contribution < 1.29 is 5.11 Å². The maximum absolute atomic E-state index is 11.0. The van der Waals surface area contributed by atoms with Gasteiger partial charge in [0.1, 0.15) is 0 Å². The van der Waals surface area contributed by atoms with Crippen molar-refractivity contribution >= 4 is 5.69 Å². The fourth-order valence-corrected chi connectivity index (χ4v) is 3.77. The van der Waals surface area contributed by atoms with Gasteiger partial charge in [-0.2, -0.15) is 0 Å². The summed E-state index contributed by atoms with van der Waals surface area (Å²) in [6.45, 7) is 0. The normalized spacial score (nSPS) is 35.8. The molecule has 3 nitrogen and oxygen atoms in total. The number of nitrogens with one attached hydrogen (secondary N) is 1. The number of pyridine rings is 1. The van der Waals surface area contributed by atoms with E-state index < -0.39 is 5.60 Å². The summed E-state index contributed by atoms with van der Waals surface area (Å²) in [4.78, 5) is 4.13. The van der Waals surface area contributed by atoms with Crippen molar-refractivity contribution in [2.45, 2.75) is 56.6 Å². The number of fused-ring (bicyclic) bond motifs is 1. The van der Waals surface area contributed by atoms with E-state index in [0.717, 1.165) is 24.9 Å². The molecule has 0 radical (unpaired) electrons. The standard InChI is InChI=1S/C15H22N2O/c18-15-9-2-1-5-12(15)6-3-8-14(15)17-13-7-4-10-16-11-13/h4,7,10-12,14,17-18H,1-3,5-6,8-9H2/t12-,14?,15-/m1/s1. The minimum Gasteiger partial charge on any atom is -0.387 e. The van der Waals surface area contributed by atoms with Crippen LogP contribution in [0.15, 0.2) is 24.5 Å². The number of hydrogen-bond donors (Lipinski definition) is 2. The van der Waals surface area contributed by atoms with Gasteiger partial charge in [-0.1, -0.05) is 19.3 Å². The van der Waals surface area contributed by atoms with Crippen LogP contribution in [-0.2, 0) is 0 Å². The highest BCUT2D eigenvalue weighted by atomic mass is 16.3. The number of anilines is 1. The molecule has 0 bridgehead atoms. The predicted molar refractivity (Wildman–Crippen MR) is 72.4 cm³/mol. The van der Waals surface area contributed by atoms with E-state index >= 15 is 0 Å². The summed E-state index contributed by atoms with van der Waals surface area (Å²) in [7, 11) is 0. The van der Waals surface area contributed by atoms with E-state index in [1.165, 1.54) is 25.7 Å². The van der Waals surface area contributed by atoms with Crippen molar-refractivity contribution in [3.63, 3.8) is 0 Å². The highest BCUT2D eigenvalue weighted by molar-refractivity contribution is 5.42. The molecule has 1 aromatic rings. The summed E-state index contributed by atoms with van der Waals surface area (Å²) in [5, 5.41) is 14.5. The number of aliphatic hydroxyl groups is 1. The first-order valence-electron chi connectivity index (χ1n) is 7.18. The highest BCUT2D eigenvalue weighted by Gasteiger charge is 2.47. The first-order chi connectivity index (χ1) is 8.79. The Bertz CT molecular complexity index is 393. The zero-order valence-corrected chi connectivity index (χ0v) is 10.8. The van der Waals surface area contributed by atoms with Crippen molar-refractivity contribution in [2.75, 3.05) is 5.32 Å². The summed E-state index contributed by atoms with van der Waals surface area (Å²) in [6, 6.07) is 4.16. The average molecular weight is 246 g/mol. The minimum atomic E-state index is -0.494. The Labute approximate surface area is 109 Å². The topological polar surface area (TPSA) is 45.1 Å². The average Bonchev–Trinajstić information content (AvgIpc) is 2.41. The van der Waals surface area contributed by atoms with E-state index in [2.05, 4.69) is 10.3 Å². The molecule has 2 aliphatic rings. The number of hydrogen-bond acceptors (Lipinski definition) is 3. The van der Waals surface area contributed by atoms with Crippen LogP contribution >= 0.6 is 0 Å². The Hall–Kier alpha value is -1.09. The lowest BCUT2D eigenvalue weighted by Crippen LogP contribution is -2.56. The second-order valence-corrected chi connectivity index (χ2v) is 5.80. The van der Waals surface area contributed by atoms with E-state index in [4.69, 9.17) is 0 Å². The minimum absolute atomic E-state index is 0.195. The zero-order chi connectivity index (χ0) is 12.4. The number of aromatic nitrogens is 1. The lowest BCUT2D eigenvalue weighted by molar-refractivity contribution is -0.0835. The van der Waals surface area contributed by atoms with Gasteiger partial charge in [0, 0.05) is 12.4 Å². The highest BCUT2D eigenvalue weighted by Crippen LogP contribution is 2.44. The van der Waals surface area contributed by atoms with Crippen molar-refractivity contribution in [1.82, 2.24) is 4.98 Å². The van der Waals surface area contributed by atoms with E-state index in [-0.39, 0.29) is 6.04 Å². The molecule has 3 atom stereocenters. The third-order valence-electron chi connectivity index (χ3n) is 4.74. The Morgan fingerprint density at radius 2 is 2.11 bits per heavy atom. The van der Waals surface area contributed by atoms with Gasteiger partial charge in [-0.05, 0) is 43.7 Å². The molecular formula is C15H22N2O. The first-order valence-corrected chi connectivity index (χ1v) is 7.18. The van der Waals surface area contributed by atoms with Gasteiger partial charge in [-0.25, -0.2) is 0 Å². The van der Waals surface area contributed by atoms with Crippen LogP contribution in [0.25, 0.3) is 0 Å². The van der Waals surface area contributed by atoms with Gasteiger partial charge < -0.3 is 10.4 Å². The third-order valence-corrected chi connectivity index (χ3v) is 4.74. The van der Waals surface area contributed by atoms with Gasteiger partial charge in [-0.3, -0.25) is 4.98 Å². The monoisotopic (exact) mass is 246 g/mol. The largest absolute Gasteiger partial charge is 0.387 e. The molecule has 0 amide bonds. The lowest BCUT2D eigenvalue weighted by Gasteiger charge is -2.49. The van der Waals surface area contributed by atoms with Crippen LogP contribution in [0.2, 0.25) is 0 Å². The molecular weight excluding hydrogens is 224 g/mol. The van der Waals surface area contributed by atoms with Crippen LogP contribution < -0.4 is 5.32 Å². The molecule has 0 aromatic carbocycles. The van der Waals surface area contributed by atoms with Gasteiger partial charge in [0.05, 0.1) is 17.3 Å². The smallest absolute Gasteiger partial charge is 0.0875 e. The van der Waals surface area contributed by atoms with Crippen molar-refractivity contribution in [1.29, 1.82) is 0 Å². The van der Waals surface area contributed by atoms with Crippen LogP contribution in [0.1, 0.15) is 44.9 Å². The molecule has 98 valence electrons. The number of nitrogens with zero attached hydrogens (tertiary/aromatic N) is 1. The van der Waals surface area contributed by atoms with E-state index in [9.17, 15) is 5.11 Å². The molecule has 2 fully saturated rings. The van der Waals surface area contributed by atoms with Gasteiger partial charge in [0.25, 0.3) is 0 Å². The zero-order valence-electron chi connectivity index (χ0n) is 10.8. The van der Waals surface area contributed by atoms with Crippen molar-refractivity contribution in [3.8, 4) is 0 Å². The van der Waals surface area contributed by atoms with Gasteiger partial charge in [-0.15, -0.1) is 0 Å². The molecule has 1 aromatic heterocycles. The van der Waals surface area contributed by atoms with Crippen LogP contribution in [0.3, 0.4) is 0 Å².